The van der Waals surface area contributed by atoms with Gasteiger partial charge in [0, 0.05) is 31.7 Å². The van der Waals surface area contributed by atoms with Crippen molar-refractivity contribution in [2.45, 2.75) is 30.8 Å². The van der Waals surface area contributed by atoms with E-state index in [1.54, 1.807) is 12.1 Å². The van der Waals surface area contributed by atoms with E-state index >= 15 is 0 Å². The Morgan fingerprint density at radius 1 is 1.23 bits per heavy atom. The predicted molar refractivity (Wildman–Crippen MR) is 109 cm³/mol. The van der Waals surface area contributed by atoms with E-state index < -0.39 is 33.9 Å². The number of hydrogen-bond donors (Lipinski definition) is 1. The van der Waals surface area contributed by atoms with E-state index in [2.05, 4.69) is 15.3 Å². The minimum Gasteiger partial charge on any atom is -0.452 e. The summed E-state index contributed by atoms with van der Waals surface area (Å²) in [5.74, 6) is -1.23. The van der Waals surface area contributed by atoms with E-state index in [-0.39, 0.29) is 18.0 Å². The number of anilines is 1. The van der Waals surface area contributed by atoms with Gasteiger partial charge in [-0.3, -0.25) is 14.6 Å². The molecule has 0 bridgehead atoms. The lowest BCUT2D eigenvalue weighted by molar-refractivity contribution is -0.158. The fourth-order valence-electron chi connectivity index (χ4n) is 2.98. The maximum Gasteiger partial charge on any atom is 0.309 e. The smallest absolute Gasteiger partial charge is 0.309 e. The molecule has 2 aromatic heterocycles. The number of hydrogen-bond acceptors (Lipinski definition) is 7. The molecule has 0 aromatic carbocycles. The summed E-state index contributed by atoms with van der Waals surface area (Å²) in [5, 5.41) is 2.98. The number of piperidine rings is 1. The summed E-state index contributed by atoms with van der Waals surface area (Å²) in [6.45, 7) is 1.84. The van der Waals surface area contributed by atoms with Crippen molar-refractivity contribution in [3.63, 3.8) is 0 Å². The third-order valence-corrected chi connectivity index (χ3v) is 6.81. The molecule has 1 fully saturated rings. The van der Waals surface area contributed by atoms with Gasteiger partial charge in [-0.15, -0.1) is 0 Å². The molecular weight excluding hydrogens is 432 g/mol. The lowest BCUT2D eigenvalue weighted by Gasteiger charge is -2.30. The van der Waals surface area contributed by atoms with Crippen LogP contribution in [-0.2, 0) is 24.3 Å². The molecule has 1 amide bonds. The number of ether oxygens (including phenoxy) is 1. The van der Waals surface area contributed by atoms with Crippen molar-refractivity contribution in [3.05, 3.63) is 47.9 Å². The number of amides is 1. The van der Waals surface area contributed by atoms with Crippen LogP contribution >= 0.6 is 11.6 Å². The molecule has 0 radical (unpaired) electrons. The summed E-state index contributed by atoms with van der Waals surface area (Å²) in [7, 11) is -3.65. The molecule has 1 saturated heterocycles. The summed E-state index contributed by atoms with van der Waals surface area (Å²) in [5.41, 5.74) is 0. The van der Waals surface area contributed by atoms with E-state index in [9.17, 15) is 18.0 Å². The minimum atomic E-state index is -3.65. The highest BCUT2D eigenvalue weighted by Crippen LogP contribution is 2.24. The summed E-state index contributed by atoms with van der Waals surface area (Å²) < 4.78 is 31.9. The molecule has 1 atom stereocenters. The quantitative estimate of drug-likeness (QED) is 0.666. The van der Waals surface area contributed by atoms with E-state index in [1.807, 2.05) is 0 Å². The van der Waals surface area contributed by atoms with Crippen molar-refractivity contribution in [2.75, 3.05) is 18.4 Å². The number of esters is 1. The predicted octanol–water partition coefficient (Wildman–Crippen LogP) is 2.10. The first-order valence-corrected chi connectivity index (χ1v) is 11.1. The summed E-state index contributed by atoms with van der Waals surface area (Å²) in [6, 6.07) is 6.16. The van der Waals surface area contributed by atoms with E-state index in [0.717, 1.165) is 0 Å². The van der Waals surface area contributed by atoms with Crippen LogP contribution in [0.5, 0.6) is 0 Å². The summed E-state index contributed by atoms with van der Waals surface area (Å²) in [6.07, 6.45) is 3.79. The van der Waals surface area contributed by atoms with Crippen LogP contribution in [-0.4, -0.2) is 53.8 Å². The Balaban J connectivity index is 1.51. The highest BCUT2D eigenvalue weighted by Gasteiger charge is 2.34. The molecule has 11 heteroatoms. The molecule has 1 aliphatic heterocycles. The molecule has 0 saturated carbocycles. The molecule has 1 unspecified atom stereocenters. The number of nitrogens with one attached hydrogen (secondary N) is 1. The molecule has 0 aliphatic carbocycles. The highest BCUT2D eigenvalue weighted by atomic mass is 35.5. The third-order valence-electron chi connectivity index (χ3n) is 4.70. The van der Waals surface area contributed by atoms with E-state index in [1.165, 1.54) is 42.0 Å². The van der Waals surface area contributed by atoms with Crippen LogP contribution in [0.2, 0.25) is 5.02 Å². The number of carbonyl (C=O) groups excluding carboxylic acids is 2. The molecule has 0 spiro atoms. The fourth-order valence-corrected chi connectivity index (χ4v) is 4.53. The van der Waals surface area contributed by atoms with Gasteiger partial charge in [-0.05, 0) is 44.0 Å². The molecule has 1 aliphatic rings. The monoisotopic (exact) mass is 452 g/mol. The summed E-state index contributed by atoms with van der Waals surface area (Å²) >= 11 is 5.75. The van der Waals surface area contributed by atoms with Crippen molar-refractivity contribution < 1.29 is 22.7 Å². The zero-order chi connectivity index (χ0) is 21.7. The molecule has 30 heavy (non-hydrogen) atoms. The van der Waals surface area contributed by atoms with Gasteiger partial charge in [0.25, 0.3) is 5.91 Å². The maximum atomic E-state index is 12.6. The minimum absolute atomic E-state index is 0.118. The standard InChI is InChI=1S/C19H21ClN4O5S/c1-13(18(25)23-17-5-4-15(20)11-22-17)29-19(26)14-6-9-24(10-7-14)30(27,28)16-3-2-8-21-12-16/h2-5,8,11-14H,6-7,9-10H2,1H3,(H,22,23,25). The Bertz CT molecular complexity index is 993. The van der Waals surface area contributed by atoms with Crippen LogP contribution in [0.3, 0.4) is 0 Å². The van der Waals surface area contributed by atoms with Gasteiger partial charge >= 0.3 is 5.97 Å². The molecule has 3 rings (SSSR count). The molecule has 9 nitrogen and oxygen atoms in total. The maximum absolute atomic E-state index is 12.6. The van der Waals surface area contributed by atoms with Crippen LogP contribution in [0.1, 0.15) is 19.8 Å². The SMILES string of the molecule is CC(OC(=O)C1CCN(S(=O)(=O)c2cccnc2)CC1)C(=O)Nc1ccc(Cl)cn1. The second kappa shape index (κ2) is 9.50. The Morgan fingerprint density at radius 2 is 1.97 bits per heavy atom. The Labute approximate surface area is 179 Å². The summed E-state index contributed by atoms with van der Waals surface area (Å²) in [4.78, 5) is 32.5. The number of nitrogens with zero attached hydrogens (tertiary/aromatic N) is 3. The molecule has 2 aromatic rings. The first-order valence-electron chi connectivity index (χ1n) is 9.30. The lowest BCUT2D eigenvalue weighted by atomic mass is 9.98. The Morgan fingerprint density at radius 3 is 2.57 bits per heavy atom. The zero-order valence-electron chi connectivity index (χ0n) is 16.2. The Kier molecular flexibility index (Phi) is 7.01. The largest absolute Gasteiger partial charge is 0.452 e. The first kappa shape index (κ1) is 22.1. The number of carbonyl (C=O) groups is 2. The third kappa shape index (κ3) is 5.32. The van der Waals surface area contributed by atoms with Crippen LogP contribution in [0.4, 0.5) is 5.82 Å². The van der Waals surface area contributed by atoms with Crippen molar-refractivity contribution in [3.8, 4) is 0 Å². The van der Waals surface area contributed by atoms with Gasteiger partial charge in [0.15, 0.2) is 6.10 Å². The topological polar surface area (TPSA) is 119 Å². The number of halogens is 1. The normalized spacial score (nSPS) is 16.6. The second-order valence-corrected chi connectivity index (χ2v) is 9.17. The van der Waals surface area contributed by atoms with Gasteiger partial charge in [0.1, 0.15) is 10.7 Å². The van der Waals surface area contributed by atoms with Crippen molar-refractivity contribution >= 4 is 39.3 Å². The second-order valence-electron chi connectivity index (χ2n) is 6.80. The molecule has 3 heterocycles. The van der Waals surface area contributed by atoms with Gasteiger partial charge in [0.2, 0.25) is 10.0 Å². The van der Waals surface area contributed by atoms with Gasteiger partial charge in [0.05, 0.1) is 10.9 Å². The highest BCUT2D eigenvalue weighted by molar-refractivity contribution is 7.89. The number of sulfonamides is 1. The number of pyridine rings is 2. The molecule has 160 valence electrons. The van der Waals surface area contributed by atoms with Crippen molar-refractivity contribution in [1.82, 2.24) is 14.3 Å². The van der Waals surface area contributed by atoms with Crippen molar-refractivity contribution in [2.24, 2.45) is 5.92 Å². The fraction of sp³-hybridized carbons (Fsp3) is 0.368. The van der Waals surface area contributed by atoms with Gasteiger partial charge in [-0.2, -0.15) is 4.31 Å². The molecule has 1 N–H and O–H groups in total. The van der Waals surface area contributed by atoms with E-state index in [0.29, 0.717) is 23.7 Å². The first-order chi connectivity index (χ1) is 14.3. The average Bonchev–Trinajstić information content (AvgIpc) is 2.76. The van der Waals surface area contributed by atoms with Crippen LogP contribution in [0.15, 0.2) is 47.8 Å². The van der Waals surface area contributed by atoms with Gasteiger partial charge in [-0.25, -0.2) is 13.4 Å². The number of rotatable bonds is 6. The van der Waals surface area contributed by atoms with E-state index in [4.69, 9.17) is 16.3 Å². The van der Waals surface area contributed by atoms with Crippen LogP contribution in [0.25, 0.3) is 0 Å². The number of aromatic nitrogens is 2. The van der Waals surface area contributed by atoms with Crippen LogP contribution < -0.4 is 5.32 Å². The van der Waals surface area contributed by atoms with Crippen molar-refractivity contribution in [1.29, 1.82) is 0 Å². The van der Waals surface area contributed by atoms with Gasteiger partial charge < -0.3 is 10.1 Å². The Hall–Kier alpha value is -2.56. The average molecular weight is 453 g/mol. The zero-order valence-corrected chi connectivity index (χ0v) is 17.8. The molecular formula is C19H21ClN4O5S. The lowest BCUT2D eigenvalue weighted by Crippen LogP contribution is -2.41. The van der Waals surface area contributed by atoms with Gasteiger partial charge in [-0.1, -0.05) is 11.6 Å². The van der Waals surface area contributed by atoms with Crippen LogP contribution in [0, 0.1) is 5.92 Å².